The Balaban J connectivity index is 1.60. The quantitative estimate of drug-likeness (QED) is 0.226. The van der Waals surface area contributed by atoms with Gasteiger partial charge in [-0.25, -0.2) is 4.39 Å². The van der Waals surface area contributed by atoms with Crippen LogP contribution in [0.5, 0.6) is 11.5 Å². The number of nitrogens with zero attached hydrogens (tertiary/aromatic N) is 2. The second-order valence-corrected chi connectivity index (χ2v) is 9.21. The van der Waals surface area contributed by atoms with Crippen LogP contribution < -0.4 is 4.74 Å². The first kappa shape index (κ1) is 25.1. The summed E-state index contributed by atoms with van der Waals surface area (Å²) in [7, 11) is 1.88. The van der Waals surface area contributed by atoms with E-state index >= 15 is 0 Å². The van der Waals surface area contributed by atoms with Crippen LogP contribution in [0.2, 0.25) is 0 Å². The summed E-state index contributed by atoms with van der Waals surface area (Å²) in [6.45, 7) is 0.760. The second-order valence-electron chi connectivity index (χ2n) is 9.21. The zero-order valence-corrected chi connectivity index (χ0v) is 20.9. The number of pyridine rings is 1. The Morgan fingerprint density at radius 1 is 0.895 bits per heavy atom. The SMILES string of the molecule is CN(Cc1ccc(F)cc1)Cc1c(C=O)c(OC(c2ccccc2)c2ccccc2)c2ncccc2c1O. The van der Waals surface area contributed by atoms with Gasteiger partial charge in [0.2, 0.25) is 0 Å². The molecule has 0 aliphatic heterocycles. The van der Waals surface area contributed by atoms with Gasteiger partial charge in [-0.05, 0) is 48.0 Å². The molecule has 1 N–H and O–H groups in total. The van der Waals surface area contributed by atoms with Crippen LogP contribution in [0.4, 0.5) is 4.39 Å². The summed E-state index contributed by atoms with van der Waals surface area (Å²) in [4.78, 5) is 19.0. The van der Waals surface area contributed by atoms with Crippen molar-refractivity contribution in [3.63, 3.8) is 0 Å². The molecule has 0 aliphatic rings. The predicted octanol–water partition coefficient (Wildman–Crippen LogP) is 6.69. The van der Waals surface area contributed by atoms with E-state index < -0.39 is 6.10 Å². The van der Waals surface area contributed by atoms with E-state index in [2.05, 4.69) is 4.98 Å². The molecular formula is C32H27FN2O3. The van der Waals surface area contributed by atoms with Gasteiger partial charge in [-0.1, -0.05) is 72.8 Å². The van der Waals surface area contributed by atoms with E-state index in [1.54, 1.807) is 30.5 Å². The van der Waals surface area contributed by atoms with Crippen molar-refractivity contribution < 1.29 is 19.0 Å². The van der Waals surface area contributed by atoms with Gasteiger partial charge in [-0.15, -0.1) is 0 Å². The molecule has 190 valence electrons. The summed E-state index contributed by atoms with van der Waals surface area (Å²) in [5.41, 5.74) is 3.85. The zero-order chi connectivity index (χ0) is 26.5. The van der Waals surface area contributed by atoms with E-state index in [1.807, 2.05) is 72.6 Å². The fraction of sp³-hybridized carbons (Fsp3) is 0.125. The summed E-state index contributed by atoms with van der Waals surface area (Å²) in [5.74, 6) is 0.00765. The molecule has 0 amide bonds. The zero-order valence-electron chi connectivity index (χ0n) is 20.9. The number of phenolic OH excluding ortho intramolecular Hbond substituents is 1. The monoisotopic (exact) mass is 506 g/mol. The van der Waals surface area contributed by atoms with E-state index in [1.165, 1.54) is 12.1 Å². The van der Waals surface area contributed by atoms with Gasteiger partial charge in [0.05, 0.1) is 5.56 Å². The minimum Gasteiger partial charge on any atom is -0.507 e. The highest BCUT2D eigenvalue weighted by Crippen LogP contribution is 2.42. The lowest BCUT2D eigenvalue weighted by atomic mass is 9.98. The Labute approximate surface area is 220 Å². The maximum absolute atomic E-state index is 13.4. The number of aldehydes is 1. The number of halogens is 1. The summed E-state index contributed by atoms with van der Waals surface area (Å²) in [6, 6.07) is 29.3. The van der Waals surface area contributed by atoms with Crippen molar-refractivity contribution >= 4 is 17.2 Å². The topological polar surface area (TPSA) is 62.7 Å². The van der Waals surface area contributed by atoms with Gasteiger partial charge in [0.1, 0.15) is 23.2 Å². The number of ether oxygens (including phenoxy) is 1. The number of hydrogen-bond donors (Lipinski definition) is 1. The molecule has 0 radical (unpaired) electrons. The molecule has 6 heteroatoms. The van der Waals surface area contributed by atoms with Crippen LogP contribution in [0.1, 0.15) is 38.7 Å². The van der Waals surface area contributed by atoms with Gasteiger partial charge in [-0.2, -0.15) is 0 Å². The summed E-state index contributed by atoms with van der Waals surface area (Å²) >= 11 is 0. The van der Waals surface area contributed by atoms with Crippen LogP contribution in [-0.2, 0) is 13.1 Å². The average molecular weight is 507 g/mol. The summed E-state index contributed by atoms with van der Waals surface area (Å²) in [5, 5.41) is 11.8. The lowest BCUT2D eigenvalue weighted by Crippen LogP contribution is -2.19. The Hall–Kier alpha value is -4.55. The molecule has 0 saturated carbocycles. The van der Waals surface area contributed by atoms with E-state index in [0.717, 1.165) is 23.0 Å². The molecule has 1 aromatic heterocycles. The third kappa shape index (κ3) is 5.26. The summed E-state index contributed by atoms with van der Waals surface area (Å²) in [6.07, 6.45) is 1.83. The normalized spacial score (nSPS) is 11.3. The number of aromatic nitrogens is 1. The van der Waals surface area contributed by atoms with Gasteiger partial charge < -0.3 is 9.84 Å². The Morgan fingerprint density at radius 2 is 1.53 bits per heavy atom. The maximum Gasteiger partial charge on any atom is 0.158 e. The molecule has 5 nitrogen and oxygen atoms in total. The van der Waals surface area contributed by atoms with Gasteiger partial charge in [0.15, 0.2) is 12.0 Å². The first-order valence-corrected chi connectivity index (χ1v) is 12.3. The average Bonchev–Trinajstić information content (AvgIpc) is 2.96. The van der Waals surface area contributed by atoms with Crippen molar-refractivity contribution in [2.24, 2.45) is 0 Å². The van der Waals surface area contributed by atoms with Crippen molar-refractivity contribution in [1.82, 2.24) is 9.88 Å². The standard InChI is InChI=1S/C32H27FN2O3/c1-35(19-22-14-16-25(33)17-15-22)20-27-28(21-36)32(29-26(30(27)37)13-8-18-34-29)38-31(23-9-4-2-5-10-23)24-11-6-3-7-12-24/h2-18,21,31,37H,19-20H2,1H3. The van der Waals surface area contributed by atoms with E-state index in [9.17, 15) is 14.3 Å². The minimum absolute atomic E-state index is 0.00974. The molecule has 5 aromatic rings. The number of benzene rings is 4. The van der Waals surface area contributed by atoms with Crippen LogP contribution in [0, 0.1) is 5.82 Å². The maximum atomic E-state index is 13.4. The Morgan fingerprint density at radius 3 is 2.13 bits per heavy atom. The van der Waals surface area contributed by atoms with E-state index in [-0.39, 0.29) is 23.7 Å². The number of carbonyl (C=O) groups excluding carboxylic acids is 1. The fourth-order valence-electron chi connectivity index (χ4n) is 4.67. The highest BCUT2D eigenvalue weighted by Gasteiger charge is 2.25. The Bertz CT molecular complexity index is 1500. The third-order valence-corrected chi connectivity index (χ3v) is 6.49. The Kier molecular flexibility index (Phi) is 7.43. The largest absolute Gasteiger partial charge is 0.507 e. The van der Waals surface area contributed by atoms with Crippen molar-refractivity contribution in [3.05, 3.63) is 137 Å². The van der Waals surface area contributed by atoms with Crippen molar-refractivity contribution in [3.8, 4) is 11.5 Å². The van der Waals surface area contributed by atoms with Crippen LogP contribution in [0.3, 0.4) is 0 Å². The summed E-state index contributed by atoms with van der Waals surface area (Å²) < 4.78 is 20.0. The number of hydrogen-bond acceptors (Lipinski definition) is 5. The van der Waals surface area contributed by atoms with Crippen LogP contribution >= 0.6 is 0 Å². The smallest absolute Gasteiger partial charge is 0.158 e. The lowest BCUT2D eigenvalue weighted by Gasteiger charge is -2.25. The van der Waals surface area contributed by atoms with Crippen molar-refractivity contribution in [2.75, 3.05) is 7.05 Å². The van der Waals surface area contributed by atoms with Gasteiger partial charge in [0, 0.05) is 30.2 Å². The van der Waals surface area contributed by atoms with E-state index in [0.29, 0.717) is 28.8 Å². The molecule has 5 rings (SSSR count). The fourth-order valence-corrected chi connectivity index (χ4v) is 4.67. The molecule has 0 atom stereocenters. The molecular weight excluding hydrogens is 479 g/mol. The van der Waals surface area contributed by atoms with Crippen LogP contribution in [0.25, 0.3) is 10.9 Å². The molecule has 1 heterocycles. The van der Waals surface area contributed by atoms with Gasteiger partial charge in [-0.3, -0.25) is 14.7 Å². The van der Waals surface area contributed by atoms with Gasteiger partial charge in [0.25, 0.3) is 0 Å². The molecule has 0 fully saturated rings. The highest BCUT2D eigenvalue weighted by atomic mass is 19.1. The number of carbonyl (C=O) groups is 1. The number of aromatic hydroxyl groups is 1. The number of rotatable bonds is 9. The van der Waals surface area contributed by atoms with Crippen LogP contribution in [0.15, 0.2) is 103 Å². The molecule has 4 aromatic carbocycles. The molecule has 38 heavy (non-hydrogen) atoms. The molecule has 0 unspecified atom stereocenters. The first-order chi connectivity index (χ1) is 18.5. The minimum atomic E-state index is -0.504. The highest BCUT2D eigenvalue weighted by molar-refractivity contribution is 5.99. The third-order valence-electron chi connectivity index (χ3n) is 6.49. The molecule has 0 bridgehead atoms. The van der Waals surface area contributed by atoms with E-state index in [4.69, 9.17) is 4.74 Å². The molecule has 0 aliphatic carbocycles. The second kappa shape index (κ2) is 11.2. The predicted molar refractivity (Wildman–Crippen MR) is 146 cm³/mol. The van der Waals surface area contributed by atoms with Crippen molar-refractivity contribution in [1.29, 1.82) is 0 Å². The van der Waals surface area contributed by atoms with Gasteiger partial charge >= 0.3 is 0 Å². The molecule has 0 spiro atoms. The molecule has 0 saturated heterocycles. The lowest BCUT2D eigenvalue weighted by molar-refractivity contribution is 0.111. The number of fused-ring (bicyclic) bond motifs is 1. The first-order valence-electron chi connectivity index (χ1n) is 12.3. The van der Waals surface area contributed by atoms with Crippen molar-refractivity contribution in [2.45, 2.75) is 19.2 Å². The van der Waals surface area contributed by atoms with Crippen LogP contribution in [-0.4, -0.2) is 28.3 Å². The number of phenols is 1.